The molecule has 1 aromatic carbocycles. The summed E-state index contributed by atoms with van der Waals surface area (Å²) in [5.74, 6) is -0.550. The summed E-state index contributed by atoms with van der Waals surface area (Å²) in [4.78, 5) is 37.6. The molecule has 0 bridgehead atoms. The summed E-state index contributed by atoms with van der Waals surface area (Å²) >= 11 is 0. The Morgan fingerprint density at radius 3 is 2.56 bits per heavy atom. The third-order valence-electron chi connectivity index (χ3n) is 4.03. The molecule has 1 fully saturated rings. The lowest BCUT2D eigenvalue weighted by Gasteiger charge is -2.32. The predicted molar refractivity (Wildman–Crippen MR) is 101 cm³/mol. The number of amides is 3. The van der Waals surface area contributed by atoms with Crippen molar-refractivity contribution in [2.75, 3.05) is 18.4 Å². The first-order valence-corrected chi connectivity index (χ1v) is 8.94. The number of hydrogen-bond acceptors (Lipinski definition) is 5. The number of nitrogens with zero attached hydrogens (tertiary/aromatic N) is 1. The van der Waals surface area contributed by atoms with E-state index in [0.717, 1.165) is 12.8 Å². The number of carbonyl (C=O) groups excluding carboxylic acids is 3. The fraction of sp³-hybridized carbons (Fsp3) is 0.526. The van der Waals surface area contributed by atoms with Crippen molar-refractivity contribution in [3.05, 3.63) is 23.8 Å². The molecule has 1 aliphatic rings. The number of hydrogen-bond donors (Lipinski definition) is 3. The molecule has 0 radical (unpaired) electrons. The van der Waals surface area contributed by atoms with Crippen molar-refractivity contribution in [2.24, 2.45) is 0 Å². The quantitative estimate of drug-likeness (QED) is 0.750. The number of likely N-dealkylation sites (tertiary alicyclic amines) is 1. The van der Waals surface area contributed by atoms with Gasteiger partial charge >= 0.3 is 6.09 Å². The van der Waals surface area contributed by atoms with Crippen LogP contribution in [-0.2, 0) is 9.53 Å². The molecule has 8 nitrogen and oxygen atoms in total. The predicted octanol–water partition coefficient (Wildman–Crippen LogP) is 2.48. The van der Waals surface area contributed by atoms with E-state index < -0.39 is 11.7 Å². The maximum absolute atomic E-state index is 12.5. The van der Waals surface area contributed by atoms with Crippen molar-refractivity contribution in [3.63, 3.8) is 0 Å². The van der Waals surface area contributed by atoms with Crippen molar-refractivity contribution in [3.8, 4) is 5.75 Å². The molecule has 8 heteroatoms. The third kappa shape index (κ3) is 6.47. The van der Waals surface area contributed by atoms with E-state index in [4.69, 9.17) is 4.74 Å². The summed E-state index contributed by atoms with van der Waals surface area (Å²) in [7, 11) is 0. The standard InChI is InChI=1S/C19H27N3O5/c1-12(23)22-7-5-6-14(11-22)20-17(25)13-8-15(10-16(24)9-13)21-18(26)27-19(2,3)4/h8-10,14,24H,5-7,11H2,1-4H3,(H,20,25)(H,21,26). The molecule has 0 saturated carbocycles. The summed E-state index contributed by atoms with van der Waals surface area (Å²) in [6, 6.07) is 3.96. The van der Waals surface area contributed by atoms with Gasteiger partial charge in [0.15, 0.2) is 0 Å². The number of nitrogens with one attached hydrogen (secondary N) is 2. The molecule has 0 spiro atoms. The number of phenols is 1. The van der Waals surface area contributed by atoms with Crippen LogP contribution in [0.25, 0.3) is 0 Å². The van der Waals surface area contributed by atoms with E-state index in [-0.39, 0.29) is 34.9 Å². The maximum atomic E-state index is 12.5. The molecule has 1 saturated heterocycles. The zero-order valence-corrected chi connectivity index (χ0v) is 16.2. The van der Waals surface area contributed by atoms with Crippen LogP contribution >= 0.6 is 0 Å². The lowest BCUT2D eigenvalue weighted by atomic mass is 10.0. The molecule has 1 aromatic rings. The highest BCUT2D eigenvalue weighted by Crippen LogP contribution is 2.21. The Morgan fingerprint density at radius 2 is 1.93 bits per heavy atom. The SMILES string of the molecule is CC(=O)N1CCCC(NC(=O)c2cc(O)cc(NC(=O)OC(C)(C)C)c2)C1. The number of carbonyl (C=O) groups is 3. The highest BCUT2D eigenvalue weighted by Gasteiger charge is 2.24. The second-order valence-electron chi connectivity index (χ2n) is 7.67. The van der Waals surface area contributed by atoms with Crippen LogP contribution in [0.4, 0.5) is 10.5 Å². The van der Waals surface area contributed by atoms with E-state index in [1.165, 1.54) is 25.1 Å². The smallest absolute Gasteiger partial charge is 0.412 e. The molecule has 3 N–H and O–H groups in total. The molecule has 148 valence electrons. The number of piperidine rings is 1. The number of rotatable bonds is 3. The lowest BCUT2D eigenvalue weighted by Crippen LogP contribution is -2.49. The second-order valence-corrected chi connectivity index (χ2v) is 7.67. The van der Waals surface area contributed by atoms with Crippen LogP contribution in [0.5, 0.6) is 5.75 Å². The van der Waals surface area contributed by atoms with Gasteiger partial charge in [0, 0.05) is 43.4 Å². The van der Waals surface area contributed by atoms with Crippen molar-refractivity contribution >= 4 is 23.6 Å². The Balaban J connectivity index is 2.05. The minimum atomic E-state index is -0.677. The third-order valence-corrected chi connectivity index (χ3v) is 4.03. The molecule has 1 aliphatic heterocycles. The van der Waals surface area contributed by atoms with E-state index in [1.807, 2.05) is 0 Å². The van der Waals surface area contributed by atoms with Gasteiger partial charge in [-0.15, -0.1) is 0 Å². The second kappa shape index (κ2) is 8.28. The lowest BCUT2D eigenvalue weighted by molar-refractivity contribution is -0.130. The Bertz CT molecular complexity index is 727. The number of phenolic OH excluding ortho intramolecular Hbond substituents is 1. The summed E-state index contributed by atoms with van der Waals surface area (Å²) < 4.78 is 5.17. The van der Waals surface area contributed by atoms with Gasteiger partial charge < -0.3 is 20.1 Å². The molecule has 2 rings (SSSR count). The highest BCUT2D eigenvalue weighted by molar-refractivity contribution is 5.97. The summed E-state index contributed by atoms with van der Waals surface area (Å²) in [5, 5.41) is 15.3. The average molecular weight is 377 g/mol. The topological polar surface area (TPSA) is 108 Å². The zero-order valence-electron chi connectivity index (χ0n) is 16.2. The molecule has 1 atom stereocenters. The van der Waals surface area contributed by atoms with Crippen LogP contribution < -0.4 is 10.6 Å². The minimum Gasteiger partial charge on any atom is -0.508 e. The summed E-state index contributed by atoms with van der Waals surface area (Å²) in [6.45, 7) is 7.88. The Morgan fingerprint density at radius 1 is 1.22 bits per heavy atom. The molecular weight excluding hydrogens is 350 g/mol. The van der Waals surface area contributed by atoms with Gasteiger partial charge in [-0.1, -0.05) is 0 Å². The average Bonchev–Trinajstić information content (AvgIpc) is 2.52. The van der Waals surface area contributed by atoms with Crippen molar-refractivity contribution in [1.82, 2.24) is 10.2 Å². The molecule has 1 unspecified atom stereocenters. The van der Waals surface area contributed by atoms with E-state index in [9.17, 15) is 19.5 Å². The number of aromatic hydroxyl groups is 1. The number of anilines is 1. The Hall–Kier alpha value is -2.77. The molecule has 0 aliphatic carbocycles. The monoisotopic (exact) mass is 377 g/mol. The van der Waals surface area contributed by atoms with Crippen LogP contribution in [-0.4, -0.2) is 52.6 Å². The molecule has 1 heterocycles. The number of benzene rings is 1. The van der Waals surface area contributed by atoms with E-state index in [2.05, 4.69) is 10.6 Å². The van der Waals surface area contributed by atoms with E-state index in [1.54, 1.807) is 25.7 Å². The first-order valence-electron chi connectivity index (χ1n) is 8.94. The fourth-order valence-corrected chi connectivity index (χ4v) is 2.89. The summed E-state index contributed by atoms with van der Waals surface area (Å²) in [5.41, 5.74) is -0.200. The number of ether oxygens (including phenoxy) is 1. The van der Waals surface area contributed by atoms with E-state index >= 15 is 0 Å². The Labute approximate surface area is 158 Å². The Kier molecular flexibility index (Phi) is 6.30. The van der Waals surface area contributed by atoms with Gasteiger partial charge in [-0.2, -0.15) is 0 Å². The van der Waals surface area contributed by atoms with Gasteiger partial charge in [-0.3, -0.25) is 14.9 Å². The van der Waals surface area contributed by atoms with Gasteiger partial charge in [0.25, 0.3) is 5.91 Å². The van der Waals surface area contributed by atoms with Crippen LogP contribution in [0.15, 0.2) is 18.2 Å². The highest BCUT2D eigenvalue weighted by atomic mass is 16.6. The first-order chi connectivity index (χ1) is 12.5. The molecule has 0 aromatic heterocycles. The van der Waals surface area contributed by atoms with Crippen molar-refractivity contribution in [1.29, 1.82) is 0 Å². The van der Waals surface area contributed by atoms with Gasteiger partial charge in [0.1, 0.15) is 11.4 Å². The van der Waals surface area contributed by atoms with Crippen molar-refractivity contribution in [2.45, 2.75) is 52.2 Å². The molecule has 27 heavy (non-hydrogen) atoms. The van der Waals surface area contributed by atoms with Crippen LogP contribution in [0.1, 0.15) is 50.9 Å². The summed E-state index contributed by atoms with van der Waals surface area (Å²) in [6.07, 6.45) is 0.914. The van der Waals surface area contributed by atoms with E-state index in [0.29, 0.717) is 13.1 Å². The van der Waals surface area contributed by atoms with Gasteiger partial charge in [0.2, 0.25) is 5.91 Å². The van der Waals surface area contributed by atoms with Crippen LogP contribution in [0.2, 0.25) is 0 Å². The van der Waals surface area contributed by atoms with Gasteiger partial charge in [0.05, 0.1) is 0 Å². The molecule has 3 amide bonds. The molecular formula is C19H27N3O5. The first kappa shape index (κ1) is 20.5. The maximum Gasteiger partial charge on any atom is 0.412 e. The van der Waals surface area contributed by atoms with Gasteiger partial charge in [-0.05, 0) is 45.7 Å². The zero-order chi connectivity index (χ0) is 20.2. The minimum absolute atomic E-state index is 0.0184. The normalized spacial score (nSPS) is 17.2. The largest absolute Gasteiger partial charge is 0.508 e. The van der Waals surface area contributed by atoms with Gasteiger partial charge in [-0.25, -0.2) is 4.79 Å². The van der Waals surface area contributed by atoms with Crippen LogP contribution in [0.3, 0.4) is 0 Å². The van der Waals surface area contributed by atoms with Crippen molar-refractivity contribution < 1.29 is 24.2 Å². The van der Waals surface area contributed by atoms with Crippen LogP contribution in [0, 0.1) is 0 Å². The fourth-order valence-electron chi connectivity index (χ4n) is 2.89.